The predicted molar refractivity (Wildman–Crippen MR) is 142 cm³/mol. The van der Waals surface area contributed by atoms with Crippen molar-refractivity contribution in [3.8, 4) is 16.9 Å². The number of nitrogens with one attached hydrogen (secondary N) is 1. The maximum atomic E-state index is 13.1. The van der Waals surface area contributed by atoms with E-state index in [0.717, 1.165) is 33.7 Å². The van der Waals surface area contributed by atoms with Gasteiger partial charge in [-0.05, 0) is 46.4 Å². The zero-order chi connectivity index (χ0) is 25.1. The first-order chi connectivity index (χ1) is 17.4. The lowest BCUT2D eigenvalue weighted by Gasteiger charge is -2.22. The molecule has 3 aromatic carbocycles. The van der Waals surface area contributed by atoms with Gasteiger partial charge < -0.3 is 10.1 Å². The SMILES string of the molecule is CC(C)(C)c1ccccc1NC(=O)c1ccn2ncc(-c3ccc(OCc4ccccc4)cc3)c2n1. The van der Waals surface area contributed by atoms with Gasteiger partial charge in [0.15, 0.2) is 5.65 Å². The Morgan fingerprint density at radius 3 is 2.39 bits per heavy atom. The molecule has 0 saturated heterocycles. The van der Waals surface area contributed by atoms with Crippen LogP contribution in [0.2, 0.25) is 0 Å². The molecule has 0 unspecified atom stereocenters. The highest BCUT2D eigenvalue weighted by Crippen LogP contribution is 2.30. The third kappa shape index (κ3) is 4.98. The second kappa shape index (κ2) is 9.66. The molecule has 2 heterocycles. The van der Waals surface area contributed by atoms with Gasteiger partial charge in [0.2, 0.25) is 0 Å². The van der Waals surface area contributed by atoms with Crippen LogP contribution in [0.15, 0.2) is 97.3 Å². The summed E-state index contributed by atoms with van der Waals surface area (Å²) in [6.45, 7) is 6.88. The summed E-state index contributed by atoms with van der Waals surface area (Å²) in [6, 6.07) is 27.4. The van der Waals surface area contributed by atoms with E-state index in [1.54, 1.807) is 23.0 Å². The summed E-state index contributed by atoms with van der Waals surface area (Å²) in [4.78, 5) is 17.8. The van der Waals surface area contributed by atoms with Crippen molar-refractivity contribution >= 4 is 17.2 Å². The fraction of sp³-hybridized carbons (Fsp3) is 0.167. The van der Waals surface area contributed by atoms with Crippen molar-refractivity contribution < 1.29 is 9.53 Å². The highest BCUT2D eigenvalue weighted by molar-refractivity contribution is 6.03. The van der Waals surface area contributed by atoms with Crippen molar-refractivity contribution in [1.82, 2.24) is 14.6 Å². The second-order valence-corrected chi connectivity index (χ2v) is 9.69. The van der Waals surface area contributed by atoms with Crippen LogP contribution in [0.1, 0.15) is 42.4 Å². The van der Waals surface area contributed by atoms with Gasteiger partial charge in [0.1, 0.15) is 18.1 Å². The molecule has 0 aliphatic rings. The molecule has 6 nitrogen and oxygen atoms in total. The van der Waals surface area contributed by atoms with Gasteiger partial charge in [-0.25, -0.2) is 9.50 Å². The van der Waals surface area contributed by atoms with E-state index in [2.05, 4.69) is 36.2 Å². The summed E-state index contributed by atoms with van der Waals surface area (Å²) in [7, 11) is 0. The normalized spacial score (nSPS) is 11.4. The number of aromatic nitrogens is 3. The quantitative estimate of drug-likeness (QED) is 0.303. The van der Waals surface area contributed by atoms with Crippen LogP contribution in [0.4, 0.5) is 5.69 Å². The second-order valence-electron chi connectivity index (χ2n) is 9.69. The Balaban J connectivity index is 1.37. The highest BCUT2D eigenvalue weighted by Gasteiger charge is 2.20. The maximum absolute atomic E-state index is 13.1. The first-order valence-electron chi connectivity index (χ1n) is 11.9. The van der Waals surface area contributed by atoms with Crippen LogP contribution in [-0.2, 0) is 12.0 Å². The topological polar surface area (TPSA) is 68.5 Å². The number of amides is 1. The molecule has 0 aliphatic carbocycles. The minimum Gasteiger partial charge on any atom is -0.489 e. The number of hydrogen-bond donors (Lipinski definition) is 1. The number of rotatable bonds is 6. The van der Waals surface area contributed by atoms with E-state index in [1.165, 1.54) is 0 Å². The Morgan fingerprint density at radius 1 is 0.917 bits per heavy atom. The van der Waals surface area contributed by atoms with Crippen LogP contribution < -0.4 is 10.1 Å². The number of anilines is 1. The van der Waals surface area contributed by atoms with Crippen LogP contribution in [-0.4, -0.2) is 20.5 Å². The van der Waals surface area contributed by atoms with Crippen molar-refractivity contribution in [3.05, 3.63) is 114 Å². The van der Waals surface area contributed by atoms with E-state index < -0.39 is 0 Å². The van der Waals surface area contributed by atoms with Crippen LogP contribution in [0.3, 0.4) is 0 Å². The van der Waals surface area contributed by atoms with E-state index in [1.807, 2.05) is 78.9 Å². The number of carbonyl (C=O) groups is 1. The van der Waals surface area contributed by atoms with Crippen molar-refractivity contribution in [2.24, 2.45) is 0 Å². The molecule has 0 radical (unpaired) electrons. The lowest BCUT2D eigenvalue weighted by atomic mass is 9.86. The van der Waals surface area contributed by atoms with Crippen LogP contribution in [0.25, 0.3) is 16.8 Å². The summed E-state index contributed by atoms with van der Waals surface area (Å²) in [6.07, 6.45) is 3.52. The molecule has 180 valence electrons. The number of carbonyl (C=O) groups excluding carboxylic acids is 1. The number of hydrogen-bond acceptors (Lipinski definition) is 4. The molecule has 36 heavy (non-hydrogen) atoms. The third-order valence-corrected chi connectivity index (χ3v) is 6.00. The fourth-order valence-corrected chi connectivity index (χ4v) is 4.10. The first kappa shape index (κ1) is 23.3. The van der Waals surface area contributed by atoms with Gasteiger partial charge in [0.05, 0.1) is 6.20 Å². The predicted octanol–water partition coefficient (Wildman–Crippen LogP) is 6.53. The van der Waals surface area contributed by atoms with Crippen molar-refractivity contribution in [2.45, 2.75) is 32.8 Å². The van der Waals surface area contributed by atoms with E-state index in [-0.39, 0.29) is 11.3 Å². The van der Waals surface area contributed by atoms with Gasteiger partial charge in [-0.3, -0.25) is 4.79 Å². The molecule has 0 spiro atoms. The molecule has 1 amide bonds. The van der Waals surface area contributed by atoms with Gasteiger partial charge in [0, 0.05) is 17.4 Å². The average Bonchev–Trinajstić information content (AvgIpc) is 3.31. The van der Waals surface area contributed by atoms with Gasteiger partial charge in [0.25, 0.3) is 5.91 Å². The molecule has 2 aromatic heterocycles. The minimum atomic E-state index is -0.258. The smallest absolute Gasteiger partial charge is 0.274 e. The largest absolute Gasteiger partial charge is 0.489 e. The Labute approximate surface area is 210 Å². The Bertz CT molecular complexity index is 1500. The van der Waals surface area contributed by atoms with Crippen LogP contribution >= 0.6 is 0 Å². The zero-order valence-corrected chi connectivity index (χ0v) is 20.6. The lowest BCUT2D eigenvalue weighted by molar-refractivity contribution is 0.102. The van der Waals surface area contributed by atoms with Gasteiger partial charge in [-0.1, -0.05) is 81.4 Å². The minimum absolute atomic E-state index is 0.100. The molecule has 0 aliphatic heterocycles. The van der Waals surface area contributed by atoms with Gasteiger partial charge in [-0.2, -0.15) is 5.10 Å². The zero-order valence-electron chi connectivity index (χ0n) is 20.6. The number of fused-ring (bicyclic) bond motifs is 1. The molecule has 0 saturated carbocycles. The number of para-hydroxylation sites is 1. The summed E-state index contributed by atoms with van der Waals surface area (Å²) in [5, 5.41) is 7.45. The third-order valence-electron chi connectivity index (χ3n) is 6.00. The number of benzene rings is 3. The average molecular weight is 477 g/mol. The molecular formula is C30H28N4O2. The standard InChI is InChI=1S/C30H28N4O2/c1-30(2,3)25-11-7-8-12-26(25)33-29(35)27-17-18-34-28(32-27)24(19-31-34)22-13-15-23(16-14-22)36-20-21-9-5-4-6-10-21/h4-19H,20H2,1-3H3,(H,33,35). The lowest BCUT2D eigenvalue weighted by Crippen LogP contribution is -2.19. The van der Waals surface area contributed by atoms with Crippen molar-refractivity contribution in [1.29, 1.82) is 0 Å². The van der Waals surface area contributed by atoms with Crippen molar-refractivity contribution in [3.63, 3.8) is 0 Å². The van der Waals surface area contributed by atoms with Crippen LogP contribution in [0, 0.1) is 0 Å². The molecule has 6 heteroatoms. The molecule has 0 atom stereocenters. The molecule has 0 fully saturated rings. The summed E-state index contributed by atoms with van der Waals surface area (Å²) in [5.74, 6) is 0.524. The Hall–Kier alpha value is -4.45. The Morgan fingerprint density at radius 2 is 1.64 bits per heavy atom. The summed E-state index contributed by atoms with van der Waals surface area (Å²) >= 11 is 0. The van der Waals surface area contributed by atoms with Gasteiger partial charge >= 0.3 is 0 Å². The summed E-state index contributed by atoms with van der Waals surface area (Å²) in [5.41, 5.74) is 5.60. The van der Waals surface area contributed by atoms with E-state index in [4.69, 9.17) is 4.74 Å². The van der Waals surface area contributed by atoms with Gasteiger partial charge in [-0.15, -0.1) is 0 Å². The molecular weight excluding hydrogens is 448 g/mol. The number of ether oxygens (including phenoxy) is 1. The number of nitrogens with zero attached hydrogens (tertiary/aromatic N) is 3. The van der Waals surface area contributed by atoms with Crippen LogP contribution in [0.5, 0.6) is 5.75 Å². The highest BCUT2D eigenvalue weighted by atomic mass is 16.5. The molecule has 5 aromatic rings. The van der Waals surface area contributed by atoms with E-state index >= 15 is 0 Å². The van der Waals surface area contributed by atoms with E-state index in [0.29, 0.717) is 17.9 Å². The molecule has 5 rings (SSSR count). The molecule has 0 bridgehead atoms. The molecule has 1 N–H and O–H groups in total. The van der Waals surface area contributed by atoms with Crippen molar-refractivity contribution in [2.75, 3.05) is 5.32 Å². The first-order valence-corrected chi connectivity index (χ1v) is 11.9. The fourth-order valence-electron chi connectivity index (χ4n) is 4.10. The Kier molecular flexibility index (Phi) is 6.25. The summed E-state index contributed by atoms with van der Waals surface area (Å²) < 4.78 is 7.58. The maximum Gasteiger partial charge on any atom is 0.274 e. The monoisotopic (exact) mass is 476 g/mol. The van der Waals surface area contributed by atoms with E-state index in [9.17, 15) is 4.79 Å².